The molecule has 1 unspecified atom stereocenters. The summed E-state index contributed by atoms with van der Waals surface area (Å²) in [5.41, 5.74) is 17.5. The van der Waals surface area contributed by atoms with Crippen molar-refractivity contribution in [2.75, 3.05) is 0 Å². The van der Waals surface area contributed by atoms with Gasteiger partial charge in [-0.1, -0.05) is 78.4 Å². The standard InChI is InChI=1S/C25H27N3/c1-19-2-4-20(5-3-19)14-25(18-28,24-12-10-23(17-27)11-13-24)15-21-6-8-22(16-26)9-7-21/h2-13H,14-17,26-27H2,1H3. The lowest BCUT2D eigenvalue weighted by molar-refractivity contribution is 0.541. The Morgan fingerprint density at radius 1 is 0.679 bits per heavy atom. The molecule has 3 aromatic rings. The number of hydrogen-bond acceptors (Lipinski definition) is 3. The highest BCUT2D eigenvalue weighted by molar-refractivity contribution is 5.41. The van der Waals surface area contributed by atoms with Crippen molar-refractivity contribution in [2.24, 2.45) is 11.5 Å². The Hall–Kier alpha value is -2.93. The molecule has 1 atom stereocenters. The molecule has 0 bridgehead atoms. The molecule has 0 aromatic heterocycles. The average molecular weight is 370 g/mol. The summed E-state index contributed by atoms with van der Waals surface area (Å²) in [6.07, 6.45) is 1.30. The molecule has 0 saturated carbocycles. The van der Waals surface area contributed by atoms with E-state index in [2.05, 4.69) is 49.4 Å². The third-order valence-corrected chi connectivity index (χ3v) is 5.35. The van der Waals surface area contributed by atoms with Gasteiger partial charge in [-0.3, -0.25) is 0 Å². The molecule has 4 N–H and O–H groups in total. The highest BCUT2D eigenvalue weighted by atomic mass is 14.5. The van der Waals surface area contributed by atoms with Crippen molar-refractivity contribution < 1.29 is 0 Å². The normalized spacial score (nSPS) is 12.9. The van der Waals surface area contributed by atoms with Gasteiger partial charge in [0, 0.05) is 13.1 Å². The van der Waals surface area contributed by atoms with Gasteiger partial charge in [0.25, 0.3) is 0 Å². The van der Waals surface area contributed by atoms with Crippen molar-refractivity contribution in [3.05, 3.63) is 106 Å². The molecule has 3 rings (SSSR count). The van der Waals surface area contributed by atoms with Crippen LogP contribution in [0, 0.1) is 18.3 Å². The summed E-state index contributed by atoms with van der Waals surface area (Å²) in [6.45, 7) is 3.10. The van der Waals surface area contributed by atoms with Crippen LogP contribution >= 0.6 is 0 Å². The number of rotatable bonds is 7. The second-order valence-electron chi connectivity index (χ2n) is 7.45. The van der Waals surface area contributed by atoms with Crippen molar-refractivity contribution in [3.63, 3.8) is 0 Å². The van der Waals surface area contributed by atoms with Gasteiger partial charge in [-0.05, 0) is 47.6 Å². The van der Waals surface area contributed by atoms with Gasteiger partial charge >= 0.3 is 0 Å². The van der Waals surface area contributed by atoms with Crippen LogP contribution in [0.5, 0.6) is 0 Å². The number of benzene rings is 3. The average Bonchev–Trinajstić information content (AvgIpc) is 2.75. The first-order valence-corrected chi connectivity index (χ1v) is 9.63. The molecule has 3 heteroatoms. The molecular weight excluding hydrogens is 342 g/mol. The molecule has 0 fully saturated rings. The number of hydrogen-bond donors (Lipinski definition) is 2. The van der Waals surface area contributed by atoms with E-state index < -0.39 is 5.41 Å². The van der Waals surface area contributed by atoms with E-state index in [9.17, 15) is 5.26 Å². The van der Waals surface area contributed by atoms with E-state index in [-0.39, 0.29) is 0 Å². The third-order valence-electron chi connectivity index (χ3n) is 5.35. The van der Waals surface area contributed by atoms with Crippen LogP contribution in [0.2, 0.25) is 0 Å². The summed E-state index contributed by atoms with van der Waals surface area (Å²) in [6, 6.07) is 27.5. The van der Waals surface area contributed by atoms with Gasteiger partial charge in [0.15, 0.2) is 0 Å². The fourth-order valence-electron chi connectivity index (χ4n) is 3.57. The zero-order valence-electron chi connectivity index (χ0n) is 16.4. The van der Waals surface area contributed by atoms with E-state index in [0.717, 1.165) is 27.8 Å². The fraction of sp³-hybridized carbons (Fsp3) is 0.240. The molecule has 3 aromatic carbocycles. The Balaban J connectivity index is 2.01. The molecular formula is C25H27N3. The van der Waals surface area contributed by atoms with Crippen molar-refractivity contribution in [1.29, 1.82) is 5.26 Å². The number of aryl methyl sites for hydroxylation is 1. The van der Waals surface area contributed by atoms with Gasteiger partial charge in [0.05, 0.1) is 11.5 Å². The van der Waals surface area contributed by atoms with Crippen molar-refractivity contribution in [3.8, 4) is 6.07 Å². The molecule has 0 aliphatic carbocycles. The van der Waals surface area contributed by atoms with Crippen LogP contribution in [0.15, 0.2) is 72.8 Å². The minimum absolute atomic E-state index is 0.498. The summed E-state index contributed by atoms with van der Waals surface area (Å²) in [5.74, 6) is 0. The lowest BCUT2D eigenvalue weighted by atomic mass is 9.72. The van der Waals surface area contributed by atoms with Crippen LogP contribution < -0.4 is 11.5 Å². The molecule has 3 nitrogen and oxygen atoms in total. The first-order chi connectivity index (χ1) is 13.6. The van der Waals surface area contributed by atoms with Crippen LogP contribution in [0.4, 0.5) is 0 Å². The number of nitrogens with two attached hydrogens (primary N) is 2. The first kappa shape index (κ1) is 19.8. The zero-order valence-corrected chi connectivity index (χ0v) is 16.4. The highest BCUT2D eigenvalue weighted by Gasteiger charge is 2.33. The van der Waals surface area contributed by atoms with E-state index in [1.165, 1.54) is 5.56 Å². The third kappa shape index (κ3) is 4.48. The van der Waals surface area contributed by atoms with Crippen LogP contribution in [0.1, 0.15) is 33.4 Å². The summed E-state index contributed by atoms with van der Waals surface area (Å²) in [4.78, 5) is 0. The summed E-state index contributed by atoms with van der Waals surface area (Å²) >= 11 is 0. The van der Waals surface area contributed by atoms with Crippen LogP contribution in [-0.2, 0) is 31.3 Å². The molecule has 0 amide bonds. The molecule has 0 spiro atoms. The Bertz CT molecular complexity index is 935. The van der Waals surface area contributed by atoms with Gasteiger partial charge < -0.3 is 11.5 Å². The second-order valence-corrected chi connectivity index (χ2v) is 7.45. The monoisotopic (exact) mass is 369 g/mol. The van der Waals surface area contributed by atoms with Crippen LogP contribution in [0.3, 0.4) is 0 Å². The maximum Gasteiger partial charge on any atom is 0.0902 e. The van der Waals surface area contributed by atoms with Crippen LogP contribution in [-0.4, -0.2) is 0 Å². The molecule has 0 heterocycles. The maximum absolute atomic E-state index is 10.3. The maximum atomic E-state index is 10.3. The van der Waals surface area contributed by atoms with Crippen molar-refractivity contribution in [2.45, 2.75) is 38.3 Å². The minimum atomic E-state index is -0.646. The Kier molecular flexibility index (Phi) is 6.26. The van der Waals surface area contributed by atoms with E-state index in [0.29, 0.717) is 25.9 Å². The molecule has 28 heavy (non-hydrogen) atoms. The van der Waals surface area contributed by atoms with Gasteiger partial charge in [-0.2, -0.15) is 5.26 Å². The molecule has 142 valence electrons. The van der Waals surface area contributed by atoms with Gasteiger partial charge in [0.2, 0.25) is 0 Å². The number of nitrogens with zero attached hydrogens (tertiary/aromatic N) is 1. The van der Waals surface area contributed by atoms with Gasteiger partial charge in [0.1, 0.15) is 0 Å². The first-order valence-electron chi connectivity index (χ1n) is 9.63. The molecule has 0 aliphatic heterocycles. The van der Waals surface area contributed by atoms with E-state index in [1.807, 2.05) is 36.4 Å². The van der Waals surface area contributed by atoms with Crippen LogP contribution in [0.25, 0.3) is 0 Å². The number of nitriles is 1. The smallest absolute Gasteiger partial charge is 0.0902 e. The lowest BCUT2D eigenvalue weighted by Crippen LogP contribution is -2.30. The Morgan fingerprint density at radius 2 is 1.07 bits per heavy atom. The Labute approximate surface area is 167 Å². The predicted molar refractivity (Wildman–Crippen MR) is 115 cm³/mol. The van der Waals surface area contributed by atoms with E-state index in [4.69, 9.17) is 11.5 Å². The zero-order chi connectivity index (χ0) is 20.0. The summed E-state index contributed by atoms with van der Waals surface area (Å²) in [5, 5.41) is 10.3. The molecule has 0 saturated heterocycles. The SMILES string of the molecule is Cc1ccc(CC(C#N)(Cc2ccc(CN)cc2)c2ccc(CN)cc2)cc1. The topological polar surface area (TPSA) is 75.8 Å². The predicted octanol–water partition coefficient (Wildman–Crippen LogP) is 4.16. The Morgan fingerprint density at radius 3 is 1.50 bits per heavy atom. The minimum Gasteiger partial charge on any atom is -0.326 e. The fourth-order valence-corrected chi connectivity index (χ4v) is 3.57. The van der Waals surface area contributed by atoms with E-state index >= 15 is 0 Å². The lowest BCUT2D eigenvalue weighted by Gasteiger charge is -2.28. The second kappa shape index (κ2) is 8.84. The van der Waals surface area contributed by atoms with Gasteiger partial charge in [-0.25, -0.2) is 0 Å². The highest BCUT2D eigenvalue weighted by Crippen LogP contribution is 2.33. The van der Waals surface area contributed by atoms with Gasteiger partial charge in [-0.15, -0.1) is 0 Å². The van der Waals surface area contributed by atoms with E-state index in [1.54, 1.807) is 0 Å². The summed E-state index contributed by atoms with van der Waals surface area (Å²) < 4.78 is 0. The van der Waals surface area contributed by atoms with Crippen molar-refractivity contribution >= 4 is 0 Å². The van der Waals surface area contributed by atoms with Crippen molar-refractivity contribution in [1.82, 2.24) is 0 Å². The molecule has 0 radical (unpaired) electrons. The largest absolute Gasteiger partial charge is 0.326 e. The summed E-state index contributed by atoms with van der Waals surface area (Å²) in [7, 11) is 0. The molecule has 0 aliphatic rings. The quantitative estimate of drug-likeness (QED) is 0.656.